The monoisotopic (exact) mass is 198 g/mol. The van der Waals surface area contributed by atoms with Crippen LogP contribution in [0.3, 0.4) is 0 Å². The van der Waals surface area contributed by atoms with E-state index in [4.69, 9.17) is 4.74 Å². The summed E-state index contributed by atoms with van der Waals surface area (Å²) in [6.07, 6.45) is 0. The second-order valence-electron chi connectivity index (χ2n) is 2.51. The first-order valence-electron chi connectivity index (χ1n) is 4.39. The highest BCUT2D eigenvalue weighted by atomic mass is 32.2. The first kappa shape index (κ1) is 10.3. The molecular formula is C10H14O2S. The van der Waals surface area contributed by atoms with Gasteiger partial charge in [-0.15, -0.1) is 0 Å². The van der Waals surface area contributed by atoms with Crippen LogP contribution in [0.25, 0.3) is 0 Å². The highest BCUT2D eigenvalue weighted by Gasteiger charge is 2.07. The molecule has 0 N–H and O–H groups in total. The second kappa shape index (κ2) is 5.02. The quantitative estimate of drug-likeness (QED) is 0.741. The largest absolute Gasteiger partial charge is 0.493 e. The van der Waals surface area contributed by atoms with Gasteiger partial charge in [0.2, 0.25) is 0 Å². The van der Waals surface area contributed by atoms with Crippen molar-refractivity contribution in [1.29, 1.82) is 0 Å². The Morgan fingerprint density at radius 2 is 2.00 bits per heavy atom. The zero-order valence-electron chi connectivity index (χ0n) is 7.95. The number of hydrogen-bond acceptors (Lipinski definition) is 2. The molecule has 0 fully saturated rings. The fourth-order valence-electron chi connectivity index (χ4n) is 1.07. The Bertz CT molecular complexity index is 297. The van der Waals surface area contributed by atoms with Gasteiger partial charge in [0.15, 0.2) is 0 Å². The third-order valence-electron chi connectivity index (χ3n) is 1.66. The summed E-state index contributed by atoms with van der Waals surface area (Å²) in [5.41, 5.74) is 0. The topological polar surface area (TPSA) is 26.3 Å². The third kappa shape index (κ3) is 2.56. The standard InChI is InChI=1S/C10H14O2S/c1-3-12-9-7-5-6-8-10(9)13(11)4-2/h5-8H,3-4H2,1-2H3. The van der Waals surface area contributed by atoms with Gasteiger partial charge in [0.1, 0.15) is 5.75 Å². The lowest BCUT2D eigenvalue weighted by Crippen LogP contribution is -2.00. The highest BCUT2D eigenvalue weighted by molar-refractivity contribution is 7.85. The van der Waals surface area contributed by atoms with E-state index in [0.29, 0.717) is 12.4 Å². The van der Waals surface area contributed by atoms with Gasteiger partial charge in [-0.25, -0.2) is 0 Å². The molecule has 3 heteroatoms. The summed E-state index contributed by atoms with van der Waals surface area (Å²) in [6.45, 7) is 4.43. The van der Waals surface area contributed by atoms with Crippen LogP contribution < -0.4 is 4.74 Å². The summed E-state index contributed by atoms with van der Waals surface area (Å²) in [4.78, 5) is 0.798. The molecule has 0 aliphatic carbocycles. The van der Waals surface area contributed by atoms with E-state index in [0.717, 1.165) is 10.6 Å². The predicted molar refractivity (Wildman–Crippen MR) is 54.6 cm³/mol. The molecule has 0 radical (unpaired) electrons. The van der Waals surface area contributed by atoms with Crippen molar-refractivity contribution in [2.24, 2.45) is 0 Å². The SMILES string of the molecule is CCOc1ccccc1S(=O)CC. The summed E-state index contributed by atoms with van der Waals surface area (Å²) < 4.78 is 16.9. The van der Waals surface area contributed by atoms with Crippen LogP contribution in [-0.2, 0) is 10.8 Å². The zero-order valence-corrected chi connectivity index (χ0v) is 8.76. The van der Waals surface area contributed by atoms with E-state index >= 15 is 0 Å². The average molecular weight is 198 g/mol. The minimum absolute atomic E-state index is 0.609. The summed E-state index contributed by atoms with van der Waals surface area (Å²) in [5, 5.41) is 0. The number of hydrogen-bond donors (Lipinski definition) is 0. The smallest absolute Gasteiger partial charge is 0.135 e. The van der Waals surface area contributed by atoms with Gasteiger partial charge in [0, 0.05) is 5.75 Å². The lowest BCUT2D eigenvalue weighted by Gasteiger charge is -2.07. The first-order valence-corrected chi connectivity index (χ1v) is 5.71. The van der Waals surface area contributed by atoms with Gasteiger partial charge in [0.05, 0.1) is 22.3 Å². The molecule has 0 amide bonds. The Hall–Kier alpha value is -0.830. The molecular weight excluding hydrogens is 184 g/mol. The number of ether oxygens (including phenoxy) is 1. The van der Waals surface area contributed by atoms with Crippen LogP contribution in [0.5, 0.6) is 5.75 Å². The van der Waals surface area contributed by atoms with Gasteiger partial charge < -0.3 is 4.74 Å². The summed E-state index contributed by atoms with van der Waals surface area (Å²) in [7, 11) is -0.928. The fourth-order valence-corrected chi connectivity index (χ4v) is 1.96. The van der Waals surface area contributed by atoms with Crippen molar-refractivity contribution in [2.45, 2.75) is 18.7 Å². The number of rotatable bonds is 4. The Kier molecular flexibility index (Phi) is 3.96. The normalized spacial score (nSPS) is 12.5. The van der Waals surface area contributed by atoms with Crippen molar-refractivity contribution in [3.05, 3.63) is 24.3 Å². The molecule has 0 saturated carbocycles. The Labute approximate surface area is 81.4 Å². The molecule has 0 spiro atoms. The molecule has 1 atom stereocenters. The van der Waals surface area contributed by atoms with Crippen molar-refractivity contribution in [3.63, 3.8) is 0 Å². The second-order valence-corrected chi connectivity index (χ2v) is 4.22. The van der Waals surface area contributed by atoms with Crippen molar-refractivity contribution in [1.82, 2.24) is 0 Å². The van der Waals surface area contributed by atoms with Gasteiger partial charge in [-0.3, -0.25) is 4.21 Å². The molecule has 0 bridgehead atoms. The Balaban J connectivity index is 2.97. The average Bonchev–Trinajstić information content (AvgIpc) is 2.18. The van der Waals surface area contributed by atoms with Crippen LogP contribution >= 0.6 is 0 Å². The van der Waals surface area contributed by atoms with Crippen LogP contribution in [0.15, 0.2) is 29.2 Å². The summed E-state index contributed by atoms with van der Waals surface area (Å²) in [6, 6.07) is 7.48. The molecule has 2 nitrogen and oxygen atoms in total. The van der Waals surface area contributed by atoms with Crippen LogP contribution in [0, 0.1) is 0 Å². The van der Waals surface area contributed by atoms with Gasteiger partial charge in [-0.2, -0.15) is 0 Å². The van der Waals surface area contributed by atoms with Gasteiger partial charge in [0.25, 0.3) is 0 Å². The first-order chi connectivity index (χ1) is 6.29. The van der Waals surface area contributed by atoms with Crippen LogP contribution in [0.2, 0.25) is 0 Å². The fraction of sp³-hybridized carbons (Fsp3) is 0.400. The Morgan fingerprint density at radius 3 is 2.62 bits per heavy atom. The zero-order chi connectivity index (χ0) is 9.68. The molecule has 1 unspecified atom stereocenters. The lowest BCUT2D eigenvalue weighted by atomic mass is 10.3. The molecule has 0 aromatic heterocycles. The number of para-hydroxylation sites is 1. The molecule has 0 aliphatic rings. The Morgan fingerprint density at radius 1 is 1.31 bits per heavy atom. The lowest BCUT2D eigenvalue weighted by molar-refractivity contribution is 0.332. The van der Waals surface area contributed by atoms with Gasteiger partial charge in [-0.1, -0.05) is 19.1 Å². The van der Waals surface area contributed by atoms with E-state index in [1.807, 2.05) is 38.1 Å². The summed E-state index contributed by atoms with van der Waals surface area (Å²) in [5.74, 6) is 1.37. The molecule has 0 saturated heterocycles. The van der Waals surface area contributed by atoms with E-state index < -0.39 is 10.8 Å². The van der Waals surface area contributed by atoms with Gasteiger partial charge >= 0.3 is 0 Å². The van der Waals surface area contributed by atoms with E-state index in [9.17, 15) is 4.21 Å². The number of benzene rings is 1. The summed E-state index contributed by atoms with van der Waals surface area (Å²) >= 11 is 0. The van der Waals surface area contributed by atoms with Crippen LogP contribution in [-0.4, -0.2) is 16.6 Å². The minimum atomic E-state index is -0.928. The van der Waals surface area contributed by atoms with E-state index in [1.165, 1.54) is 0 Å². The molecule has 13 heavy (non-hydrogen) atoms. The maximum Gasteiger partial charge on any atom is 0.135 e. The van der Waals surface area contributed by atoms with E-state index in [-0.39, 0.29) is 0 Å². The minimum Gasteiger partial charge on any atom is -0.493 e. The van der Waals surface area contributed by atoms with Crippen molar-refractivity contribution >= 4 is 10.8 Å². The van der Waals surface area contributed by atoms with Crippen LogP contribution in [0.1, 0.15) is 13.8 Å². The molecule has 1 aromatic carbocycles. The van der Waals surface area contributed by atoms with Crippen molar-refractivity contribution in [3.8, 4) is 5.75 Å². The molecule has 1 rings (SSSR count). The van der Waals surface area contributed by atoms with E-state index in [2.05, 4.69) is 0 Å². The van der Waals surface area contributed by atoms with Crippen LogP contribution in [0.4, 0.5) is 0 Å². The highest BCUT2D eigenvalue weighted by Crippen LogP contribution is 2.21. The predicted octanol–water partition coefficient (Wildman–Crippen LogP) is 2.21. The molecule has 72 valence electrons. The van der Waals surface area contributed by atoms with E-state index in [1.54, 1.807) is 0 Å². The molecule has 1 aromatic rings. The van der Waals surface area contributed by atoms with Crippen molar-refractivity contribution < 1.29 is 8.95 Å². The van der Waals surface area contributed by atoms with Crippen molar-refractivity contribution in [2.75, 3.05) is 12.4 Å². The third-order valence-corrected chi connectivity index (χ3v) is 3.01. The molecule has 0 heterocycles. The molecule has 0 aliphatic heterocycles. The van der Waals surface area contributed by atoms with Gasteiger partial charge in [-0.05, 0) is 19.1 Å². The maximum atomic E-state index is 11.5. The maximum absolute atomic E-state index is 11.5.